The zero-order valence-corrected chi connectivity index (χ0v) is 11.6. The summed E-state index contributed by atoms with van der Waals surface area (Å²) in [6.45, 7) is 6.14. The van der Waals surface area contributed by atoms with E-state index >= 15 is 0 Å². The first-order valence-corrected chi connectivity index (χ1v) is 5.71. The molecule has 0 atom stereocenters. The second kappa shape index (κ2) is 4.76. The molecule has 0 aromatic heterocycles. The molecular formula is C13H21N3O2. The Kier molecular flexibility index (Phi) is 3.74. The summed E-state index contributed by atoms with van der Waals surface area (Å²) in [7, 11) is 3.82. The molecule has 0 saturated carbocycles. The average molecular weight is 251 g/mol. The number of benzene rings is 1. The van der Waals surface area contributed by atoms with E-state index in [0.29, 0.717) is 11.4 Å². The van der Waals surface area contributed by atoms with Gasteiger partial charge in [0.15, 0.2) is 5.75 Å². The van der Waals surface area contributed by atoms with Gasteiger partial charge in [-0.2, -0.15) is 0 Å². The van der Waals surface area contributed by atoms with Gasteiger partial charge in [0.25, 0.3) is 0 Å². The van der Waals surface area contributed by atoms with Crippen LogP contribution >= 0.6 is 0 Å². The van der Waals surface area contributed by atoms with E-state index in [4.69, 9.17) is 16.2 Å². The summed E-state index contributed by atoms with van der Waals surface area (Å²) >= 11 is 0. The molecule has 0 radical (unpaired) electrons. The van der Waals surface area contributed by atoms with Crippen molar-refractivity contribution in [3.8, 4) is 5.75 Å². The molecule has 0 aliphatic carbocycles. The molecule has 1 aromatic carbocycles. The number of hydrogen-bond acceptors (Lipinski definition) is 4. The Hall–Kier alpha value is -1.91. The number of carbonyl (C=O) groups is 1. The van der Waals surface area contributed by atoms with Gasteiger partial charge < -0.3 is 21.1 Å². The molecule has 0 aliphatic heterocycles. The first-order valence-electron chi connectivity index (χ1n) is 5.71. The van der Waals surface area contributed by atoms with Crippen LogP contribution in [-0.2, 0) is 5.41 Å². The van der Waals surface area contributed by atoms with Crippen LogP contribution < -0.4 is 21.1 Å². The maximum absolute atomic E-state index is 10.9. The van der Waals surface area contributed by atoms with Crippen molar-refractivity contribution in [2.24, 2.45) is 5.73 Å². The zero-order valence-electron chi connectivity index (χ0n) is 11.6. The number of primary amides is 1. The van der Waals surface area contributed by atoms with Crippen molar-refractivity contribution in [3.05, 3.63) is 17.7 Å². The molecule has 0 bridgehead atoms. The maximum atomic E-state index is 10.9. The summed E-state index contributed by atoms with van der Waals surface area (Å²) < 4.78 is 4.96. The van der Waals surface area contributed by atoms with E-state index in [1.165, 1.54) is 0 Å². The second-order valence-electron chi connectivity index (χ2n) is 5.47. The SMILES string of the molecule is CN(C)c1cc(OC(N)=O)c(N)c(C(C)(C)C)c1. The Morgan fingerprint density at radius 1 is 1.28 bits per heavy atom. The van der Waals surface area contributed by atoms with Crippen LogP contribution in [-0.4, -0.2) is 20.2 Å². The second-order valence-corrected chi connectivity index (χ2v) is 5.47. The van der Waals surface area contributed by atoms with Crippen molar-refractivity contribution in [1.82, 2.24) is 0 Å². The number of carbonyl (C=O) groups excluding carboxylic acids is 1. The molecule has 0 aliphatic rings. The molecule has 1 amide bonds. The number of anilines is 2. The van der Waals surface area contributed by atoms with Crippen LogP contribution in [0.5, 0.6) is 5.75 Å². The fourth-order valence-corrected chi connectivity index (χ4v) is 1.68. The molecule has 1 aromatic rings. The minimum absolute atomic E-state index is 0.147. The molecule has 18 heavy (non-hydrogen) atoms. The van der Waals surface area contributed by atoms with Crippen molar-refractivity contribution in [2.75, 3.05) is 24.7 Å². The first kappa shape index (κ1) is 14.2. The number of rotatable bonds is 2. The lowest BCUT2D eigenvalue weighted by Crippen LogP contribution is -2.21. The molecule has 4 N–H and O–H groups in total. The van der Waals surface area contributed by atoms with Gasteiger partial charge in [0.2, 0.25) is 0 Å². The molecule has 5 heteroatoms. The summed E-state index contributed by atoms with van der Waals surface area (Å²) in [5.74, 6) is 0.304. The third-order valence-electron chi connectivity index (χ3n) is 2.66. The van der Waals surface area contributed by atoms with Gasteiger partial charge in [-0.1, -0.05) is 20.8 Å². The highest BCUT2D eigenvalue weighted by Gasteiger charge is 2.22. The molecule has 0 unspecified atom stereocenters. The minimum atomic E-state index is -0.863. The fraction of sp³-hybridized carbons (Fsp3) is 0.462. The number of nitrogen functional groups attached to an aromatic ring is 1. The van der Waals surface area contributed by atoms with Crippen LogP contribution in [0, 0.1) is 0 Å². The molecule has 100 valence electrons. The summed E-state index contributed by atoms with van der Waals surface area (Å²) in [5.41, 5.74) is 13.2. The van der Waals surface area contributed by atoms with Gasteiger partial charge in [-0.15, -0.1) is 0 Å². The molecule has 0 fully saturated rings. The highest BCUT2D eigenvalue weighted by Crippen LogP contribution is 2.37. The monoisotopic (exact) mass is 251 g/mol. The highest BCUT2D eigenvalue weighted by atomic mass is 16.5. The number of amides is 1. The first-order chi connectivity index (χ1) is 8.12. The van der Waals surface area contributed by atoms with E-state index in [2.05, 4.69) is 0 Å². The van der Waals surface area contributed by atoms with E-state index in [9.17, 15) is 4.79 Å². The third-order valence-corrected chi connectivity index (χ3v) is 2.66. The normalized spacial score (nSPS) is 11.2. The van der Waals surface area contributed by atoms with Crippen LogP contribution in [0.3, 0.4) is 0 Å². The quantitative estimate of drug-likeness (QED) is 0.788. The number of nitrogens with zero attached hydrogens (tertiary/aromatic N) is 1. The van der Waals surface area contributed by atoms with Crippen molar-refractivity contribution in [3.63, 3.8) is 0 Å². The molecule has 0 heterocycles. The van der Waals surface area contributed by atoms with Crippen molar-refractivity contribution in [1.29, 1.82) is 0 Å². The predicted octanol–water partition coefficient (Wildman–Crippen LogP) is 2.09. The number of nitrogens with two attached hydrogens (primary N) is 2. The van der Waals surface area contributed by atoms with E-state index in [1.54, 1.807) is 6.07 Å². The lowest BCUT2D eigenvalue weighted by atomic mass is 9.85. The Labute approximate surface area is 108 Å². The van der Waals surface area contributed by atoms with E-state index < -0.39 is 6.09 Å². The van der Waals surface area contributed by atoms with E-state index in [0.717, 1.165) is 11.3 Å². The molecule has 5 nitrogen and oxygen atoms in total. The average Bonchev–Trinajstić information content (AvgIpc) is 2.18. The highest BCUT2D eigenvalue weighted by molar-refractivity contribution is 5.75. The Balaban J connectivity index is 3.43. The summed E-state index contributed by atoms with van der Waals surface area (Å²) in [6.07, 6.45) is -0.863. The summed E-state index contributed by atoms with van der Waals surface area (Å²) in [4.78, 5) is 12.8. The van der Waals surface area contributed by atoms with Crippen molar-refractivity contribution < 1.29 is 9.53 Å². The Bertz CT molecular complexity index is 462. The third kappa shape index (κ3) is 3.06. The molecule has 0 saturated heterocycles. The van der Waals surface area contributed by atoms with Gasteiger partial charge in [-0.05, 0) is 17.0 Å². The Morgan fingerprint density at radius 2 is 1.83 bits per heavy atom. The number of ether oxygens (including phenoxy) is 1. The van der Waals surface area contributed by atoms with E-state index in [-0.39, 0.29) is 5.41 Å². The van der Waals surface area contributed by atoms with Gasteiger partial charge in [0.1, 0.15) is 0 Å². The van der Waals surface area contributed by atoms with Gasteiger partial charge in [-0.3, -0.25) is 0 Å². The summed E-state index contributed by atoms with van der Waals surface area (Å²) in [6, 6.07) is 3.69. The maximum Gasteiger partial charge on any atom is 0.410 e. The smallest absolute Gasteiger partial charge is 0.408 e. The molecular weight excluding hydrogens is 230 g/mol. The predicted molar refractivity (Wildman–Crippen MR) is 74.1 cm³/mol. The van der Waals surface area contributed by atoms with E-state index in [1.807, 2.05) is 45.8 Å². The fourth-order valence-electron chi connectivity index (χ4n) is 1.68. The van der Waals surface area contributed by atoms with Crippen LogP contribution in [0.25, 0.3) is 0 Å². The van der Waals surface area contributed by atoms with Crippen LogP contribution in [0.4, 0.5) is 16.2 Å². The minimum Gasteiger partial charge on any atom is -0.408 e. The number of hydrogen-bond donors (Lipinski definition) is 2. The standard InChI is InChI=1S/C13H21N3O2/c1-13(2,3)9-6-8(16(4)5)7-10(11(9)14)18-12(15)17/h6-7H,14H2,1-5H3,(H2,15,17). The van der Waals surface area contributed by atoms with Gasteiger partial charge in [0, 0.05) is 25.8 Å². The zero-order chi connectivity index (χ0) is 14.1. The molecule has 0 spiro atoms. The van der Waals surface area contributed by atoms with Gasteiger partial charge in [-0.25, -0.2) is 4.79 Å². The van der Waals surface area contributed by atoms with Crippen LogP contribution in [0.15, 0.2) is 12.1 Å². The van der Waals surface area contributed by atoms with Crippen LogP contribution in [0.2, 0.25) is 0 Å². The topological polar surface area (TPSA) is 81.6 Å². The lowest BCUT2D eigenvalue weighted by molar-refractivity contribution is 0.211. The van der Waals surface area contributed by atoms with Gasteiger partial charge in [0.05, 0.1) is 5.69 Å². The van der Waals surface area contributed by atoms with Crippen molar-refractivity contribution in [2.45, 2.75) is 26.2 Å². The van der Waals surface area contributed by atoms with Gasteiger partial charge >= 0.3 is 6.09 Å². The lowest BCUT2D eigenvalue weighted by Gasteiger charge is -2.25. The Morgan fingerprint density at radius 3 is 2.22 bits per heavy atom. The summed E-state index contributed by atoms with van der Waals surface area (Å²) in [5, 5.41) is 0. The van der Waals surface area contributed by atoms with Crippen LogP contribution in [0.1, 0.15) is 26.3 Å². The van der Waals surface area contributed by atoms with Crippen molar-refractivity contribution >= 4 is 17.5 Å². The largest absolute Gasteiger partial charge is 0.410 e. The molecule has 1 rings (SSSR count).